The van der Waals surface area contributed by atoms with E-state index in [4.69, 9.17) is 4.74 Å². The van der Waals surface area contributed by atoms with Crippen molar-refractivity contribution in [2.45, 2.75) is 45.1 Å². The first-order valence-corrected chi connectivity index (χ1v) is 9.49. The number of nitrogens with zero attached hydrogens (tertiary/aromatic N) is 3. The zero-order valence-corrected chi connectivity index (χ0v) is 16.0. The summed E-state index contributed by atoms with van der Waals surface area (Å²) in [6.07, 6.45) is -3.22. The molecule has 2 atom stereocenters. The molecule has 1 aromatic carbocycles. The molecule has 2 saturated heterocycles. The highest BCUT2D eigenvalue weighted by molar-refractivity contribution is 5.79. The van der Waals surface area contributed by atoms with Gasteiger partial charge in [-0.3, -0.25) is 4.79 Å². The topological polar surface area (TPSA) is 56.6 Å². The van der Waals surface area contributed by atoms with E-state index in [9.17, 15) is 23.2 Å². The summed E-state index contributed by atoms with van der Waals surface area (Å²) in [6.45, 7) is 6.14. The number of hydrogen-bond donors (Lipinski definition) is 0. The Bertz CT molecular complexity index is 757. The summed E-state index contributed by atoms with van der Waals surface area (Å²) in [5.41, 5.74) is -0.320. The van der Waals surface area contributed by atoms with E-state index < -0.39 is 11.7 Å². The predicted octanol–water partition coefficient (Wildman–Crippen LogP) is 3.43. The molecule has 3 rings (SSSR count). The molecule has 2 heterocycles. The largest absolute Gasteiger partial charge is 0.416 e. The molecular weight excluding hydrogens is 371 g/mol. The Balaban J connectivity index is 1.65. The van der Waals surface area contributed by atoms with Crippen LogP contribution in [0.25, 0.3) is 0 Å². The fraction of sp³-hybridized carbons (Fsp3) is 0.600. The molecule has 2 unspecified atom stereocenters. The van der Waals surface area contributed by atoms with Crippen LogP contribution in [0.2, 0.25) is 0 Å². The first-order valence-electron chi connectivity index (χ1n) is 9.49. The lowest BCUT2D eigenvalue weighted by Gasteiger charge is -2.39. The van der Waals surface area contributed by atoms with E-state index in [0.29, 0.717) is 44.7 Å². The number of amides is 1. The summed E-state index contributed by atoms with van der Waals surface area (Å²) in [7, 11) is 0. The van der Waals surface area contributed by atoms with Crippen LogP contribution in [-0.2, 0) is 15.7 Å². The van der Waals surface area contributed by atoms with Gasteiger partial charge in [-0.05, 0) is 44.9 Å². The molecular formula is C20H24F3N3O2. The van der Waals surface area contributed by atoms with E-state index in [-0.39, 0.29) is 29.6 Å². The van der Waals surface area contributed by atoms with Crippen LogP contribution in [-0.4, -0.2) is 49.2 Å². The molecule has 0 N–H and O–H groups in total. The molecule has 8 heteroatoms. The van der Waals surface area contributed by atoms with Gasteiger partial charge in [-0.15, -0.1) is 0 Å². The number of alkyl halides is 3. The Labute approximate surface area is 162 Å². The van der Waals surface area contributed by atoms with Crippen LogP contribution in [0.5, 0.6) is 0 Å². The van der Waals surface area contributed by atoms with E-state index in [1.807, 2.05) is 29.7 Å². The summed E-state index contributed by atoms with van der Waals surface area (Å²) >= 11 is 0. The molecule has 2 aliphatic rings. The third kappa shape index (κ3) is 4.41. The number of carbonyl (C=O) groups is 1. The predicted molar refractivity (Wildman–Crippen MR) is 97.7 cm³/mol. The molecule has 0 bridgehead atoms. The number of rotatable bonds is 2. The minimum absolute atomic E-state index is 0.00966. The quantitative estimate of drug-likeness (QED) is 0.770. The number of hydrogen-bond acceptors (Lipinski definition) is 4. The van der Waals surface area contributed by atoms with E-state index in [2.05, 4.69) is 0 Å². The Hall–Kier alpha value is -2.27. The van der Waals surface area contributed by atoms with Gasteiger partial charge in [0.25, 0.3) is 0 Å². The van der Waals surface area contributed by atoms with Gasteiger partial charge < -0.3 is 14.5 Å². The second kappa shape index (κ2) is 8.00. The first-order chi connectivity index (χ1) is 13.2. The number of halogens is 3. The van der Waals surface area contributed by atoms with Crippen LogP contribution >= 0.6 is 0 Å². The van der Waals surface area contributed by atoms with E-state index >= 15 is 0 Å². The summed E-state index contributed by atoms with van der Waals surface area (Å²) in [5.74, 6) is 0.0170. The second-order valence-corrected chi connectivity index (χ2v) is 7.60. The summed E-state index contributed by atoms with van der Waals surface area (Å²) in [4.78, 5) is 16.6. The SMILES string of the molecule is CC1CN(C(=O)C2CCN(c3ccc(C(F)(F)F)cc3C#N)CC2)CC(C)O1. The number of ether oxygens (including phenoxy) is 1. The smallest absolute Gasteiger partial charge is 0.372 e. The van der Waals surface area contributed by atoms with Gasteiger partial charge in [-0.2, -0.15) is 18.4 Å². The summed E-state index contributed by atoms with van der Waals surface area (Å²) in [6, 6.07) is 5.12. The molecule has 28 heavy (non-hydrogen) atoms. The van der Waals surface area contributed by atoms with Gasteiger partial charge in [0.1, 0.15) is 6.07 Å². The average Bonchev–Trinajstić information content (AvgIpc) is 2.65. The second-order valence-electron chi connectivity index (χ2n) is 7.60. The highest BCUT2D eigenvalue weighted by atomic mass is 19.4. The third-order valence-corrected chi connectivity index (χ3v) is 5.36. The molecule has 0 spiro atoms. The number of carbonyl (C=O) groups excluding carboxylic acids is 1. The van der Waals surface area contributed by atoms with Crippen molar-refractivity contribution in [3.05, 3.63) is 29.3 Å². The van der Waals surface area contributed by atoms with Crippen molar-refractivity contribution in [2.24, 2.45) is 5.92 Å². The Morgan fingerprint density at radius 2 is 1.79 bits per heavy atom. The molecule has 0 saturated carbocycles. The van der Waals surface area contributed by atoms with Crippen molar-refractivity contribution in [3.63, 3.8) is 0 Å². The van der Waals surface area contributed by atoms with Crippen LogP contribution in [0.3, 0.4) is 0 Å². The zero-order chi connectivity index (χ0) is 20.5. The lowest BCUT2D eigenvalue weighted by molar-refractivity contribution is -0.148. The molecule has 1 aromatic rings. The lowest BCUT2D eigenvalue weighted by Crippen LogP contribution is -2.51. The minimum atomic E-state index is -4.48. The van der Waals surface area contributed by atoms with Gasteiger partial charge in [0.05, 0.1) is 29.0 Å². The van der Waals surface area contributed by atoms with Gasteiger partial charge in [-0.1, -0.05) is 0 Å². The maximum absolute atomic E-state index is 12.9. The fourth-order valence-electron chi connectivity index (χ4n) is 4.06. The number of anilines is 1. The molecule has 5 nitrogen and oxygen atoms in total. The van der Waals surface area contributed by atoms with Crippen molar-refractivity contribution in [1.29, 1.82) is 5.26 Å². The number of nitriles is 1. The molecule has 0 radical (unpaired) electrons. The molecule has 2 aliphatic heterocycles. The van der Waals surface area contributed by atoms with Gasteiger partial charge >= 0.3 is 6.18 Å². The van der Waals surface area contributed by atoms with Crippen molar-refractivity contribution in [2.75, 3.05) is 31.1 Å². The van der Waals surface area contributed by atoms with Crippen LogP contribution in [0.1, 0.15) is 37.8 Å². The third-order valence-electron chi connectivity index (χ3n) is 5.36. The van der Waals surface area contributed by atoms with Crippen molar-refractivity contribution in [1.82, 2.24) is 4.90 Å². The van der Waals surface area contributed by atoms with Crippen LogP contribution in [0, 0.1) is 17.2 Å². The summed E-state index contributed by atoms with van der Waals surface area (Å²) < 4.78 is 44.3. The normalized spacial score (nSPS) is 24.1. The maximum atomic E-state index is 12.9. The molecule has 0 aliphatic carbocycles. The fourth-order valence-corrected chi connectivity index (χ4v) is 4.06. The highest BCUT2D eigenvalue weighted by Gasteiger charge is 2.34. The van der Waals surface area contributed by atoms with Crippen LogP contribution < -0.4 is 4.90 Å². The van der Waals surface area contributed by atoms with E-state index in [1.54, 1.807) is 0 Å². The van der Waals surface area contributed by atoms with Crippen LogP contribution in [0.4, 0.5) is 18.9 Å². The standard InChI is InChI=1S/C20H24F3N3O2/c1-13-11-26(12-14(2)28-13)19(27)15-5-7-25(8-6-15)18-4-3-17(20(21,22)23)9-16(18)10-24/h3-4,9,13-15H,5-8,11-12H2,1-2H3. The number of piperidine rings is 1. The average molecular weight is 395 g/mol. The van der Waals surface area contributed by atoms with Crippen molar-refractivity contribution in [3.8, 4) is 6.07 Å². The van der Waals surface area contributed by atoms with E-state index in [0.717, 1.165) is 12.1 Å². The first kappa shape index (κ1) is 20.5. The molecule has 152 valence electrons. The monoisotopic (exact) mass is 395 g/mol. The van der Waals surface area contributed by atoms with Gasteiger partial charge in [0.15, 0.2) is 0 Å². The highest BCUT2D eigenvalue weighted by Crippen LogP contribution is 2.34. The van der Waals surface area contributed by atoms with Gasteiger partial charge in [0, 0.05) is 32.1 Å². The Morgan fingerprint density at radius 1 is 1.18 bits per heavy atom. The van der Waals surface area contributed by atoms with E-state index in [1.165, 1.54) is 6.07 Å². The summed E-state index contributed by atoms with van der Waals surface area (Å²) in [5, 5.41) is 9.28. The number of benzene rings is 1. The number of morpholine rings is 1. The maximum Gasteiger partial charge on any atom is 0.416 e. The van der Waals surface area contributed by atoms with Crippen molar-refractivity contribution >= 4 is 11.6 Å². The Morgan fingerprint density at radius 3 is 2.32 bits per heavy atom. The lowest BCUT2D eigenvalue weighted by atomic mass is 9.93. The molecule has 1 amide bonds. The minimum Gasteiger partial charge on any atom is -0.372 e. The Kier molecular flexibility index (Phi) is 5.84. The van der Waals surface area contributed by atoms with Gasteiger partial charge in [0.2, 0.25) is 5.91 Å². The van der Waals surface area contributed by atoms with Crippen molar-refractivity contribution < 1.29 is 22.7 Å². The molecule has 2 fully saturated rings. The van der Waals surface area contributed by atoms with Crippen LogP contribution in [0.15, 0.2) is 18.2 Å². The molecule has 0 aromatic heterocycles. The zero-order valence-electron chi connectivity index (χ0n) is 16.0. The van der Waals surface area contributed by atoms with Gasteiger partial charge in [-0.25, -0.2) is 0 Å².